The molecule has 4 heterocycles. The zero-order chi connectivity index (χ0) is 44.2. The van der Waals surface area contributed by atoms with Gasteiger partial charge in [-0.1, -0.05) is 44.5 Å². The highest BCUT2D eigenvalue weighted by atomic mass is 15.4. The summed E-state index contributed by atoms with van der Waals surface area (Å²) in [6.45, 7) is 27.2. The van der Waals surface area contributed by atoms with E-state index in [2.05, 4.69) is 130 Å². The largest absolute Gasteiger partial charge is 0.298 e. The minimum Gasteiger partial charge on any atom is -0.298 e. The molecule has 0 amide bonds. The molecule has 59 heavy (non-hydrogen) atoms. The third-order valence-electron chi connectivity index (χ3n) is 11.0. The monoisotopic (exact) mass is 805 g/mol. The van der Waals surface area contributed by atoms with Crippen molar-refractivity contribution in [2.24, 2.45) is 11.8 Å². The van der Waals surface area contributed by atoms with E-state index in [-0.39, 0.29) is 5.92 Å². The maximum absolute atomic E-state index is 8.83. The second kappa shape index (κ2) is 30.4. The van der Waals surface area contributed by atoms with Gasteiger partial charge in [-0.25, -0.2) is 0 Å². The summed E-state index contributed by atoms with van der Waals surface area (Å²) in [5.74, 6) is 11.1. The molecule has 4 aliphatic rings. The second-order valence-electron chi connectivity index (χ2n) is 15.6. The third-order valence-corrected chi connectivity index (χ3v) is 11.0. The number of nitriles is 5. The first kappa shape index (κ1) is 52.3. The molecule has 0 aliphatic carbocycles. The molecule has 6 unspecified atom stereocenters. The number of rotatable bonds is 11. The van der Waals surface area contributed by atoms with Gasteiger partial charge in [0, 0.05) is 57.4 Å². The Morgan fingerprint density at radius 1 is 0.492 bits per heavy atom. The van der Waals surface area contributed by atoms with Crippen molar-refractivity contribution in [3.05, 3.63) is 0 Å². The fourth-order valence-corrected chi connectivity index (χ4v) is 8.02. The van der Waals surface area contributed by atoms with Crippen LogP contribution in [0.5, 0.6) is 0 Å². The molecule has 318 valence electrons. The van der Waals surface area contributed by atoms with Crippen LogP contribution < -0.4 is 0 Å². The zero-order valence-electron chi connectivity index (χ0n) is 36.7. The molecule has 14 heteroatoms. The number of hydrogen-bond acceptors (Lipinski definition) is 14. The summed E-state index contributed by atoms with van der Waals surface area (Å²) < 4.78 is 0. The van der Waals surface area contributed by atoms with Gasteiger partial charge in [0.1, 0.15) is 0 Å². The van der Waals surface area contributed by atoms with E-state index in [0.29, 0.717) is 102 Å². The molecule has 0 N–H and O–H groups in total. The van der Waals surface area contributed by atoms with Gasteiger partial charge in [0.05, 0.1) is 115 Å². The van der Waals surface area contributed by atoms with Crippen LogP contribution in [0.1, 0.15) is 48.0 Å². The number of likely N-dealkylation sites (N-methyl/N-ethyl adjacent to an activating group) is 1. The van der Waals surface area contributed by atoms with Crippen molar-refractivity contribution < 1.29 is 0 Å². The Morgan fingerprint density at radius 2 is 0.881 bits per heavy atom. The Kier molecular flexibility index (Phi) is 27.0. The average molecular weight is 805 g/mol. The van der Waals surface area contributed by atoms with E-state index in [9.17, 15) is 0 Å². The molecule has 0 aromatic carbocycles. The molecule has 0 radical (unpaired) electrons. The first-order valence-electron chi connectivity index (χ1n) is 20.6. The van der Waals surface area contributed by atoms with Crippen LogP contribution in [0.15, 0.2) is 0 Å². The van der Waals surface area contributed by atoms with Crippen LogP contribution >= 0.6 is 0 Å². The SMILES string of the molecule is C#CCN1CC(C#N)CN(CC#N)C1.C#CCN1CC(C)CN(CC#N)C1C.C#CCN1CC(N(CC)CC)CN(CC#N)C1.C#CCN1CN(CC#N)C(C)CC1C. The molecule has 4 rings (SSSR count). The minimum absolute atomic E-state index is 0.0366. The summed E-state index contributed by atoms with van der Waals surface area (Å²) in [5.41, 5.74) is 0. The summed E-state index contributed by atoms with van der Waals surface area (Å²) in [6, 6.07) is 12.4. The Balaban J connectivity index is 0.000000395. The molecule has 14 nitrogen and oxygen atoms in total. The third kappa shape index (κ3) is 19.3. The lowest BCUT2D eigenvalue weighted by Crippen LogP contribution is -2.57. The maximum atomic E-state index is 8.83. The summed E-state index contributed by atoms with van der Waals surface area (Å²) in [4.78, 5) is 19.6. The van der Waals surface area contributed by atoms with Gasteiger partial charge >= 0.3 is 0 Å². The van der Waals surface area contributed by atoms with E-state index in [1.54, 1.807) is 0 Å². The molecule has 0 aromatic rings. The highest BCUT2D eigenvalue weighted by Crippen LogP contribution is 2.19. The summed E-state index contributed by atoms with van der Waals surface area (Å²) in [5, 5.41) is 43.6. The molecular formula is C45H68N14. The van der Waals surface area contributed by atoms with Crippen molar-refractivity contribution >= 4 is 0 Å². The molecule has 4 aliphatic heterocycles. The minimum atomic E-state index is -0.0366. The van der Waals surface area contributed by atoms with Crippen molar-refractivity contribution in [3.8, 4) is 79.7 Å². The summed E-state index contributed by atoms with van der Waals surface area (Å²) in [7, 11) is 0. The van der Waals surface area contributed by atoms with Crippen LogP contribution in [0.3, 0.4) is 0 Å². The first-order chi connectivity index (χ1) is 28.4. The van der Waals surface area contributed by atoms with E-state index in [1.807, 2.05) is 9.80 Å². The van der Waals surface area contributed by atoms with Gasteiger partial charge < -0.3 is 0 Å². The van der Waals surface area contributed by atoms with Crippen LogP contribution in [0.4, 0.5) is 0 Å². The van der Waals surface area contributed by atoms with Gasteiger partial charge in [-0.2, -0.15) is 26.3 Å². The Bertz CT molecular complexity index is 1500. The Hall–Kier alpha value is -4.67. The lowest BCUT2D eigenvalue weighted by Gasteiger charge is -2.43. The van der Waals surface area contributed by atoms with Gasteiger partial charge in [0.2, 0.25) is 0 Å². The Labute approximate surface area is 358 Å². The van der Waals surface area contributed by atoms with E-state index in [4.69, 9.17) is 52.0 Å². The zero-order valence-corrected chi connectivity index (χ0v) is 36.7. The van der Waals surface area contributed by atoms with E-state index < -0.39 is 0 Å². The molecule has 6 atom stereocenters. The molecule has 0 spiro atoms. The van der Waals surface area contributed by atoms with Gasteiger partial charge in [-0.05, 0) is 46.2 Å². The van der Waals surface area contributed by atoms with Crippen molar-refractivity contribution in [3.63, 3.8) is 0 Å². The van der Waals surface area contributed by atoms with Crippen molar-refractivity contribution in [1.29, 1.82) is 26.3 Å². The van der Waals surface area contributed by atoms with Crippen LogP contribution in [0.2, 0.25) is 0 Å². The van der Waals surface area contributed by atoms with Gasteiger partial charge in [0.25, 0.3) is 0 Å². The van der Waals surface area contributed by atoms with Gasteiger partial charge in [-0.3, -0.25) is 44.1 Å². The van der Waals surface area contributed by atoms with E-state index >= 15 is 0 Å². The fraction of sp³-hybridized carbons (Fsp3) is 0.711. The Morgan fingerprint density at radius 3 is 1.32 bits per heavy atom. The summed E-state index contributed by atoms with van der Waals surface area (Å²) >= 11 is 0. The lowest BCUT2D eigenvalue weighted by atomic mass is 10.0. The molecule has 0 bridgehead atoms. The molecular weight excluding hydrogens is 737 g/mol. The number of nitrogens with zero attached hydrogens (tertiary/aromatic N) is 14. The van der Waals surface area contributed by atoms with E-state index in [0.717, 1.165) is 59.0 Å². The highest BCUT2D eigenvalue weighted by Gasteiger charge is 2.30. The van der Waals surface area contributed by atoms with Crippen molar-refractivity contribution in [1.82, 2.24) is 44.1 Å². The standard InChI is InChI=1S/C13H22N4.2C11H17N3.C10H12N4/c1-4-8-15-10-13(17(5-2)6-3)11-16(12-15)9-7-14;1-4-6-13-9-14(7-5-12)11(3)8-10(13)2;1-4-6-13-8-10(2)9-14(7-5-12)11(13)3;1-2-4-13-7-10(6-12)8-14(9-13)5-3-11/h1,13H,5-6,8-12H2,2-3H3;2*1,10-11H,6-9H2,2-3H3;1,10H,4-5,7-9H2. The van der Waals surface area contributed by atoms with Crippen LogP contribution in [0, 0.1) is 118 Å². The van der Waals surface area contributed by atoms with Crippen molar-refractivity contribution in [2.45, 2.75) is 72.3 Å². The molecule has 4 fully saturated rings. The quantitative estimate of drug-likeness (QED) is 0.221. The first-order valence-corrected chi connectivity index (χ1v) is 20.6. The lowest BCUT2D eigenvalue weighted by molar-refractivity contribution is 0.00784. The molecule has 4 saturated heterocycles. The highest BCUT2D eigenvalue weighted by molar-refractivity contribution is 4.98. The normalized spacial score (nSPS) is 25.9. The number of hydrogen-bond donors (Lipinski definition) is 0. The number of terminal acetylenes is 4. The van der Waals surface area contributed by atoms with Crippen LogP contribution in [-0.2, 0) is 0 Å². The maximum Gasteiger partial charge on any atom is 0.0878 e. The van der Waals surface area contributed by atoms with Crippen LogP contribution in [-0.4, -0.2) is 193 Å². The topological polar surface area (TPSA) is 148 Å². The van der Waals surface area contributed by atoms with Gasteiger partial charge in [0.15, 0.2) is 0 Å². The predicted octanol–water partition coefficient (Wildman–Crippen LogP) is 1.92. The summed E-state index contributed by atoms with van der Waals surface area (Å²) in [6.07, 6.45) is 22.6. The second-order valence-corrected chi connectivity index (χ2v) is 15.6. The van der Waals surface area contributed by atoms with Gasteiger partial charge in [-0.15, -0.1) is 25.7 Å². The fourth-order valence-electron chi connectivity index (χ4n) is 8.02. The van der Waals surface area contributed by atoms with Crippen molar-refractivity contribution in [2.75, 3.05) is 125 Å². The molecule has 0 aromatic heterocycles. The smallest absolute Gasteiger partial charge is 0.0878 e. The average Bonchev–Trinajstić information content (AvgIpc) is 3.20. The van der Waals surface area contributed by atoms with E-state index in [1.165, 1.54) is 0 Å². The predicted molar refractivity (Wildman–Crippen MR) is 233 cm³/mol. The van der Waals surface area contributed by atoms with Crippen LogP contribution in [0.25, 0.3) is 0 Å². The molecule has 0 saturated carbocycles.